The normalized spacial score (nSPS) is 15.3. The van der Waals surface area contributed by atoms with Gasteiger partial charge in [0.05, 0.1) is 7.11 Å². The zero-order chi connectivity index (χ0) is 16.8. The van der Waals surface area contributed by atoms with Crippen molar-refractivity contribution in [3.63, 3.8) is 0 Å². The molecular formula is C18H23N3O2S. The number of hydrogen-bond donors (Lipinski definition) is 1. The first kappa shape index (κ1) is 16.8. The smallest absolute Gasteiger partial charge is 0.220 e. The molecule has 5 nitrogen and oxygen atoms in total. The molecule has 0 spiro atoms. The zero-order valence-corrected chi connectivity index (χ0v) is 14.7. The molecule has 1 amide bonds. The third kappa shape index (κ3) is 4.47. The van der Waals surface area contributed by atoms with Crippen LogP contribution in [0.3, 0.4) is 0 Å². The standard InChI is InChI=1S/C18H23N3O2S/c1-23-16-5-2-14(3-6-16)4-7-17(22)20-15-8-11-21(12-9-15)18-19-10-13-24-18/h2-3,5-6,10,13,15H,4,7-9,11-12H2,1H3,(H,20,22). The van der Waals surface area contributed by atoms with E-state index >= 15 is 0 Å². The van der Waals surface area contributed by atoms with Gasteiger partial charge in [-0.1, -0.05) is 12.1 Å². The lowest BCUT2D eigenvalue weighted by molar-refractivity contribution is -0.121. The van der Waals surface area contributed by atoms with Crippen molar-refractivity contribution in [1.82, 2.24) is 10.3 Å². The summed E-state index contributed by atoms with van der Waals surface area (Å²) in [6.45, 7) is 1.91. The Bertz CT molecular complexity index is 635. The van der Waals surface area contributed by atoms with Gasteiger partial charge < -0.3 is 15.0 Å². The van der Waals surface area contributed by atoms with Crippen molar-refractivity contribution in [2.45, 2.75) is 31.7 Å². The Morgan fingerprint density at radius 1 is 1.33 bits per heavy atom. The van der Waals surface area contributed by atoms with Gasteiger partial charge in [-0.25, -0.2) is 4.98 Å². The van der Waals surface area contributed by atoms with E-state index in [1.54, 1.807) is 18.4 Å². The highest BCUT2D eigenvalue weighted by atomic mass is 32.1. The molecule has 0 saturated carbocycles. The van der Waals surface area contributed by atoms with Crippen molar-refractivity contribution in [3.05, 3.63) is 41.4 Å². The SMILES string of the molecule is COc1ccc(CCC(=O)NC2CCN(c3nccs3)CC2)cc1. The van der Waals surface area contributed by atoms with E-state index in [1.165, 1.54) is 0 Å². The Labute approximate surface area is 146 Å². The van der Waals surface area contributed by atoms with Crippen molar-refractivity contribution in [2.24, 2.45) is 0 Å². The highest BCUT2D eigenvalue weighted by molar-refractivity contribution is 7.13. The molecule has 1 saturated heterocycles. The van der Waals surface area contributed by atoms with E-state index < -0.39 is 0 Å². The molecule has 2 heterocycles. The molecule has 1 aliphatic rings. The summed E-state index contributed by atoms with van der Waals surface area (Å²) in [5.41, 5.74) is 1.16. The maximum atomic E-state index is 12.2. The third-order valence-electron chi connectivity index (χ3n) is 4.35. The van der Waals surface area contributed by atoms with Gasteiger partial charge in [0, 0.05) is 37.1 Å². The second-order valence-corrected chi connectivity index (χ2v) is 6.86. The molecule has 1 aromatic carbocycles. The van der Waals surface area contributed by atoms with Gasteiger partial charge in [0.25, 0.3) is 0 Å². The fraction of sp³-hybridized carbons (Fsp3) is 0.444. The van der Waals surface area contributed by atoms with Gasteiger partial charge in [-0.2, -0.15) is 0 Å². The second kappa shape index (κ2) is 8.15. The number of anilines is 1. The largest absolute Gasteiger partial charge is 0.497 e. The molecule has 0 aliphatic carbocycles. The summed E-state index contributed by atoms with van der Waals surface area (Å²) in [4.78, 5) is 18.8. The average Bonchev–Trinajstić information content (AvgIpc) is 3.16. The van der Waals surface area contributed by atoms with Crippen LogP contribution in [0, 0.1) is 0 Å². The van der Waals surface area contributed by atoms with E-state index in [-0.39, 0.29) is 11.9 Å². The number of carbonyl (C=O) groups excluding carboxylic acids is 1. The third-order valence-corrected chi connectivity index (χ3v) is 5.18. The summed E-state index contributed by atoms with van der Waals surface area (Å²) < 4.78 is 5.14. The predicted molar refractivity (Wildman–Crippen MR) is 96.8 cm³/mol. The maximum absolute atomic E-state index is 12.2. The van der Waals surface area contributed by atoms with Crippen molar-refractivity contribution in [1.29, 1.82) is 0 Å². The minimum atomic E-state index is 0.138. The van der Waals surface area contributed by atoms with Crippen molar-refractivity contribution in [3.8, 4) is 5.75 Å². The van der Waals surface area contributed by atoms with Gasteiger partial charge >= 0.3 is 0 Å². The Hall–Kier alpha value is -2.08. The number of hydrogen-bond acceptors (Lipinski definition) is 5. The molecule has 0 radical (unpaired) electrons. The highest BCUT2D eigenvalue weighted by Crippen LogP contribution is 2.22. The topological polar surface area (TPSA) is 54.5 Å². The van der Waals surface area contributed by atoms with Crippen LogP contribution in [0.5, 0.6) is 5.75 Å². The van der Waals surface area contributed by atoms with Gasteiger partial charge in [-0.15, -0.1) is 11.3 Å². The van der Waals surface area contributed by atoms with E-state index in [0.717, 1.165) is 48.8 Å². The summed E-state index contributed by atoms with van der Waals surface area (Å²) in [7, 11) is 1.66. The number of thiazole rings is 1. The molecule has 0 bridgehead atoms. The Morgan fingerprint density at radius 2 is 2.08 bits per heavy atom. The first-order valence-corrected chi connectivity index (χ1v) is 9.19. The van der Waals surface area contributed by atoms with Crippen LogP contribution >= 0.6 is 11.3 Å². The van der Waals surface area contributed by atoms with Gasteiger partial charge in [0.2, 0.25) is 5.91 Å². The van der Waals surface area contributed by atoms with Crippen LogP contribution in [0.1, 0.15) is 24.8 Å². The zero-order valence-electron chi connectivity index (χ0n) is 13.9. The molecular weight excluding hydrogens is 322 g/mol. The van der Waals surface area contributed by atoms with E-state index in [1.807, 2.05) is 35.8 Å². The quantitative estimate of drug-likeness (QED) is 0.875. The number of aryl methyl sites for hydroxylation is 1. The monoisotopic (exact) mass is 345 g/mol. The minimum absolute atomic E-state index is 0.138. The van der Waals surface area contributed by atoms with E-state index in [9.17, 15) is 4.79 Å². The van der Waals surface area contributed by atoms with Crippen LogP contribution in [-0.4, -0.2) is 37.1 Å². The number of methoxy groups -OCH3 is 1. The maximum Gasteiger partial charge on any atom is 0.220 e. The highest BCUT2D eigenvalue weighted by Gasteiger charge is 2.21. The van der Waals surface area contributed by atoms with Gasteiger partial charge in [0.15, 0.2) is 5.13 Å². The van der Waals surface area contributed by atoms with Crippen LogP contribution < -0.4 is 15.0 Å². The molecule has 0 atom stereocenters. The molecule has 2 aromatic rings. The van der Waals surface area contributed by atoms with Crippen LogP contribution in [0.4, 0.5) is 5.13 Å². The van der Waals surface area contributed by atoms with Crippen LogP contribution in [-0.2, 0) is 11.2 Å². The fourth-order valence-corrected chi connectivity index (χ4v) is 3.63. The van der Waals surface area contributed by atoms with E-state index in [4.69, 9.17) is 4.74 Å². The number of piperidine rings is 1. The van der Waals surface area contributed by atoms with Gasteiger partial charge in [0.1, 0.15) is 5.75 Å². The molecule has 6 heteroatoms. The minimum Gasteiger partial charge on any atom is -0.497 e. The summed E-state index contributed by atoms with van der Waals surface area (Å²) in [6, 6.07) is 8.17. The van der Waals surface area contributed by atoms with Crippen LogP contribution in [0.25, 0.3) is 0 Å². The van der Waals surface area contributed by atoms with E-state index in [0.29, 0.717) is 6.42 Å². The van der Waals surface area contributed by atoms with Crippen molar-refractivity contribution in [2.75, 3.05) is 25.1 Å². The molecule has 1 fully saturated rings. The number of rotatable bonds is 6. The number of ether oxygens (including phenoxy) is 1. The van der Waals surface area contributed by atoms with Gasteiger partial charge in [-0.3, -0.25) is 4.79 Å². The van der Waals surface area contributed by atoms with Gasteiger partial charge in [-0.05, 0) is 37.0 Å². The number of carbonyl (C=O) groups is 1. The van der Waals surface area contributed by atoms with E-state index in [2.05, 4.69) is 15.2 Å². The molecule has 0 unspecified atom stereocenters. The van der Waals surface area contributed by atoms with Crippen LogP contribution in [0.15, 0.2) is 35.8 Å². The van der Waals surface area contributed by atoms with Crippen molar-refractivity contribution >= 4 is 22.4 Å². The lowest BCUT2D eigenvalue weighted by atomic mass is 10.0. The number of benzene rings is 1. The Kier molecular flexibility index (Phi) is 5.69. The first-order valence-electron chi connectivity index (χ1n) is 8.31. The molecule has 24 heavy (non-hydrogen) atoms. The molecule has 1 N–H and O–H groups in total. The second-order valence-electron chi connectivity index (χ2n) is 5.99. The first-order chi connectivity index (χ1) is 11.7. The molecule has 128 valence electrons. The number of aromatic nitrogens is 1. The van der Waals surface area contributed by atoms with Crippen molar-refractivity contribution < 1.29 is 9.53 Å². The summed E-state index contributed by atoms with van der Waals surface area (Å²) in [5.74, 6) is 0.980. The summed E-state index contributed by atoms with van der Waals surface area (Å²) in [6.07, 6.45) is 5.08. The fourth-order valence-electron chi connectivity index (χ4n) is 2.94. The average molecular weight is 345 g/mol. The lowest BCUT2D eigenvalue weighted by Gasteiger charge is -2.32. The summed E-state index contributed by atoms with van der Waals surface area (Å²) >= 11 is 1.67. The Morgan fingerprint density at radius 3 is 2.71 bits per heavy atom. The predicted octanol–water partition coefficient (Wildman–Crippen LogP) is 2.87. The number of nitrogens with one attached hydrogen (secondary N) is 1. The number of nitrogens with zero attached hydrogens (tertiary/aromatic N) is 2. The number of amides is 1. The summed E-state index contributed by atoms with van der Waals surface area (Å²) in [5, 5.41) is 6.26. The Balaban J connectivity index is 1.39. The molecule has 1 aromatic heterocycles. The lowest BCUT2D eigenvalue weighted by Crippen LogP contribution is -2.44. The van der Waals surface area contributed by atoms with Crippen LogP contribution in [0.2, 0.25) is 0 Å². The molecule has 1 aliphatic heterocycles. The molecule has 3 rings (SSSR count).